The minimum atomic E-state index is 0.849. The Morgan fingerprint density at radius 3 is 2.75 bits per heavy atom. The Labute approximate surface area is 100.0 Å². The first-order valence-electron chi connectivity index (χ1n) is 7.26. The maximum absolute atomic E-state index is 2.82. The summed E-state index contributed by atoms with van der Waals surface area (Å²) >= 11 is 0. The highest BCUT2D eigenvalue weighted by molar-refractivity contribution is 4.94. The second-order valence-corrected chi connectivity index (χ2v) is 6.28. The number of hydrogen-bond donors (Lipinski definition) is 0. The third-order valence-electron chi connectivity index (χ3n) is 5.12. The van der Waals surface area contributed by atoms with E-state index in [2.05, 4.69) is 23.6 Å². The second-order valence-electron chi connectivity index (χ2n) is 6.28. The van der Waals surface area contributed by atoms with Crippen molar-refractivity contribution in [1.82, 2.24) is 9.80 Å². The monoisotopic (exact) mass is 222 g/mol. The molecular formula is C14H26N2. The van der Waals surface area contributed by atoms with Crippen LogP contribution in [0.4, 0.5) is 0 Å². The summed E-state index contributed by atoms with van der Waals surface area (Å²) in [7, 11) is 0. The maximum atomic E-state index is 2.82. The zero-order valence-corrected chi connectivity index (χ0v) is 10.9. The molecule has 3 aliphatic rings. The maximum Gasteiger partial charge on any atom is 0.0224 e. The van der Waals surface area contributed by atoms with Gasteiger partial charge >= 0.3 is 0 Å². The predicted octanol–water partition coefficient (Wildman–Crippen LogP) is 2.20. The van der Waals surface area contributed by atoms with Gasteiger partial charge in [0.1, 0.15) is 0 Å². The first kappa shape index (κ1) is 11.0. The van der Waals surface area contributed by atoms with E-state index in [9.17, 15) is 0 Å². The van der Waals surface area contributed by atoms with E-state index in [4.69, 9.17) is 0 Å². The highest BCUT2D eigenvalue weighted by Crippen LogP contribution is 2.39. The number of piperazine rings is 1. The Morgan fingerprint density at radius 1 is 1.25 bits per heavy atom. The van der Waals surface area contributed by atoms with E-state index in [1.54, 1.807) is 0 Å². The van der Waals surface area contributed by atoms with Gasteiger partial charge in [-0.15, -0.1) is 0 Å². The number of hydrogen-bond acceptors (Lipinski definition) is 2. The summed E-state index contributed by atoms with van der Waals surface area (Å²) in [6.07, 6.45) is 5.72. The van der Waals surface area contributed by atoms with Crippen LogP contribution >= 0.6 is 0 Å². The van der Waals surface area contributed by atoms with E-state index < -0.39 is 0 Å². The van der Waals surface area contributed by atoms with E-state index in [0.717, 1.165) is 23.9 Å². The molecule has 4 atom stereocenters. The zero-order valence-electron chi connectivity index (χ0n) is 10.9. The van der Waals surface area contributed by atoms with Crippen LogP contribution in [-0.4, -0.2) is 48.1 Å². The van der Waals surface area contributed by atoms with Crippen LogP contribution in [0.2, 0.25) is 0 Å². The van der Waals surface area contributed by atoms with Gasteiger partial charge in [0.05, 0.1) is 0 Å². The van der Waals surface area contributed by atoms with Crippen molar-refractivity contribution in [2.45, 2.75) is 51.6 Å². The fourth-order valence-corrected chi connectivity index (χ4v) is 3.71. The van der Waals surface area contributed by atoms with E-state index >= 15 is 0 Å². The van der Waals surface area contributed by atoms with Gasteiger partial charge in [0.2, 0.25) is 0 Å². The van der Waals surface area contributed by atoms with E-state index in [-0.39, 0.29) is 0 Å². The second kappa shape index (κ2) is 4.30. The van der Waals surface area contributed by atoms with Gasteiger partial charge in [-0.2, -0.15) is 0 Å². The molecular weight excluding hydrogens is 196 g/mol. The summed E-state index contributed by atoms with van der Waals surface area (Å²) in [5, 5.41) is 0. The quantitative estimate of drug-likeness (QED) is 0.722. The van der Waals surface area contributed by atoms with Crippen molar-refractivity contribution in [3.63, 3.8) is 0 Å². The summed E-state index contributed by atoms with van der Waals surface area (Å²) < 4.78 is 0. The van der Waals surface area contributed by atoms with Crippen LogP contribution < -0.4 is 0 Å². The van der Waals surface area contributed by atoms with Gasteiger partial charge in [-0.3, -0.25) is 9.80 Å². The van der Waals surface area contributed by atoms with Gasteiger partial charge in [-0.25, -0.2) is 0 Å². The molecule has 2 heterocycles. The molecule has 0 bridgehead atoms. The van der Waals surface area contributed by atoms with Crippen LogP contribution in [0.25, 0.3) is 0 Å². The molecule has 16 heavy (non-hydrogen) atoms. The Bertz CT molecular complexity index is 253. The molecule has 0 spiro atoms. The summed E-state index contributed by atoms with van der Waals surface area (Å²) in [4.78, 5) is 5.57. The van der Waals surface area contributed by atoms with Crippen molar-refractivity contribution in [1.29, 1.82) is 0 Å². The van der Waals surface area contributed by atoms with Gasteiger partial charge in [0.25, 0.3) is 0 Å². The smallest absolute Gasteiger partial charge is 0.0224 e. The van der Waals surface area contributed by atoms with E-state index in [1.807, 2.05) is 0 Å². The lowest BCUT2D eigenvalue weighted by Crippen LogP contribution is -2.56. The Hall–Kier alpha value is -0.0800. The Balaban J connectivity index is 1.61. The molecule has 0 aromatic heterocycles. The lowest BCUT2D eigenvalue weighted by molar-refractivity contribution is 0.0452. The zero-order chi connectivity index (χ0) is 11.1. The molecule has 0 aromatic carbocycles. The van der Waals surface area contributed by atoms with Gasteiger partial charge in [-0.1, -0.05) is 13.8 Å². The van der Waals surface area contributed by atoms with Gasteiger partial charge in [-0.05, 0) is 44.1 Å². The van der Waals surface area contributed by atoms with Gasteiger partial charge < -0.3 is 0 Å². The molecule has 92 valence electrons. The molecule has 2 aliphatic heterocycles. The first-order chi connectivity index (χ1) is 7.78. The molecule has 0 radical (unpaired) electrons. The molecule has 0 amide bonds. The predicted molar refractivity (Wildman–Crippen MR) is 67.5 cm³/mol. The normalized spacial score (nSPS) is 44.6. The standard InChI is InChI=1S/C14H26N2/c1-3-13-9-15-6-4-5-14(15)10-16(13)8-12-7-11(12)2/h11-14H,3-10H2,1-2H3. The molecule has 2 nitrogen and oxygen atoms in total. The lowest BCUT2D eigenvalue weighted by Gasteiger charge is -2.43. The Morgan fingerprint density at radius 2 is 2.06 bits per heavy atom. The first-order valence-corrected chi connectivity index (χ1v) is 7.26. The van der Waals surface area contributed by atoms with Crippen molar-refractivity contribution >= 4 is 0 Å². The van der Waals surface area contributed by atoms with Crippen LogP contribution in [-0.2, 0) is 0 Å². The van der Waals surface area contributed by atoms with Crippen molar-refractivity contribution in [2.75, 3.05) is 26.2 Å². The molecule has 3 rings (SSSR count). The Kier molecular flexibility index (Phi) is 2.97. The molecule has 0 N–H and O–H groups in total. The van der Waals surface area contributed by atoms with Crippen LogP contribution in [0.1, 0.15) is 39.5 Å². The van der Waals surface area contributed by atoms with E-state index in [0.29, 0.717) is 0 Å². The van der Waals surface area contributed by atoms with Crippen molar-refractivity contribution in [3.8, 4) is 0 Å². The van der Waals surface area contributed by atoms with Crippen molar-refractivity contribution in [2.24, 2.45) is 11.8 Å². The average molecular weight is 222 g/mol. The third-order valence-corrected chi connectivity index (χ3v) is 5.12. The number of fused-ring (bicyclic) bond motifs is 1. The topological polar surface area (TPSA) is 6.48 Å². The van der Waals surface area contributed by atoms with Gasteiger partial charge in [0.15, 0.2) is 0 Å². The minimum Gasteiger partial charge on any atom is -0.298 e. The summed E-state index contributed by atoms with van der Waals surface area (Å²) in [6.45, 7) is 10.3. The SMILES string of the molecule is CCC1CN2CCCC2CN1CC1CC1C. The van der Waals surface area contributed by atoms with Crippen LogP contribution in [0.5, 0.6) is 0 Å². The molecule has 2 saturated heterocycles. The van der Waals surface area contributed by atoms with E-state index in [1.165, 1.54) is 51.9 Å². The molecule has 1 aliphatic carbocycles. The highest BCUT2D eigenvalue weighted by atomic mass is 15.3. The van der Waals surface area contributed by atoms with Crippen LogP contribution in [0, 0.1) is 11.8 Å². The van der Waals surface area contributed by atoms with Crippen LogP contribution in [0.15, 0.2) is 0 Å². The largest absolute Gasteiger partial charge is 0.298 e. The highest BCUT2D eigenvalue weighted by Gasteiger charge is 2.40. The minimum absolute atomic E-state index is 0.849. The molecule has 1 saturated carbocycles. The van der Waals surface area contributed by atoms with Crippen LogP contribution in [0.3, 0.4) is 0 Å². The summed E-state index contributed by atoms with van der Waals surface area (Å²) in [5.74, 6) is 2.04. The number of nitrogens with zero attached hydrogens (tertiary/aromatic N) is 2. The van der Waals surface area contributed by atoms with Crippen molar-refractivity contribution < 1.29 is 0 Å². The third kappa shape index (κ3) is 2.02. The summed E-state index contributed by atoms with van der Waals surface area (Å²) in [5.41, 5.74) is 0. The number of rotatable bonds is 3. The van der Waals surface area contributed by atoms with Crippen molar-refractivity contribution in [3.05, 3.63) is 0 Å². The molecule has 4 unspecified atom stereocenters. The van der Waals surface area contributed by atoms with Gasteiger partial charge in [0, 0.05) is 31.7 Å². The molecule has 0 aromatic rings. The molecule has 2 heteroatoms. The summed E-state index contributed by atoms with van der Waals surface area (Å²) in [6, 6.07) is 1.75. The fraction of sp³-hybridized carbons (Fsp3) is 1.00. The average Bonchev–Trinajstić information content (AvgIpc) is 2.79. The fourth-order valence-electron chi connectivity index (χ4n) is 3.71. The lowest BCUT2D eigenvalue weighted by atomic mass is 10.0. The molecule has 3 fully saturated rings.